The van der Waals surface area contributed by atoms with Gasteiger partial charge in [0.25, 0.3) is 0 Å². The third-order valence-corrected chi connectivity index (χ3v) is 5.82. The highest BCUT2D eigenvalue weighted by atomic mass is 16.4. The fourth-order valence-electron chi connectivity index (χ4n) is 4.22. The van der Waals surface area contributed by atoms with E-state index in [1.807, 2.05) is 57.2 Å². The van der Waals surface area contributed by atoms with Gasteiger partial charge in [-0.05, 0) is 37.1 Å². The average molecular weight is 354 g/mol. The average Bonchev–Trinajstić information content (AvgIpc) is 2.69. The second-order valence-electron chi connectivity index (χ2n) is 7.10. The van der Waals surface area contributed by atoms with Gasteiger partial charge in [0.2, 0.25) is 0 Å². The summed E-state index contributed by atoms with van der Waals surface area (Å²) in [4.78, 5) is 14.6. The molecule has 0 spiro atoms. The van der Waals surface area contributed by atoms with Gasteiger partial charge >= 0.3 is 5.97 Å². The molecule has 0 aliphatic heterocycles. The monoisotopic (exact) mass is 353 g/mol. The van der Waals surface area contributed by atoms with Crippen molar-refractivity contribution in [2.75, 3.05) is 13.1 Å². The molecule has 1 atom stereocenters. The minimum atomic E-state index is -0.899. The van der Waals surface area contributed by atoms with Crippen molar-refractivity contribution in [3.05, 3.63) is 71.8 Å². The second-order valence-corrected chi connectivity index (χ2v) is 7.10. The van der Waals surface area contributed by atoms with Gasteiger partial charge in [-0.3, -0.25) is 9.69 Å². The highest BCUT2D eigenvalue weighted by Crippen LogP contribution is 2.42. The minimum Gasteiger partial charge on any atom is -0.480 e. The number of carbonyl (C=O) groups is 1. The summed E-state index contributed by atoms with van der Waals surface area (Å²) in [5.74, 6) is -0.734. The van der Waals surface area contributed by atoms with Crippen LogP contribution in [0.1, 0.15) is 51.7 Å². The van der Waals surface area contributed by atoms with Crippen LogP contribution in [0, 0.1) is 0 Å². The van der Waals surface area contributed by atoms with Crippen molar-refractivity contribution in [3.8, 4) is 0 Å². The predicted octanol–water partition coefficient (Wildman–Crippen LogP) is 4.96. The van der Waals surface area contributed by atoms with Crippen LogP contribution in [0.15, 0.2) is 60.7 Å². The molecule has 0 aliphatic rings. The van der Waals surface area contributed by atoms with Crippen LogP contribution >= 0.6 is 0 Å². The van der Waals surface area contributed by atoms with E-state index in [0.29, 0.717) is 12.8 Å². The second kappa shape index (κ2) is 8.50. The Morgan fingerprint density at radius 1 is 0.885 bits per heavy atom. The number of likely N-dealkylation sites (N-methyl/N-ethyl adjacent to an activating group) is 1. The highest BCUT2D eigenvalue weighted by Gasteiger charge is 2.47. The molecule has 140 valence electrons. The van der Waals surface area contributed by atoms with Crippen molar-refractivity contribution >= 4 is 5.97 Å². The summed E-state index contributed by atoms with van der Waals surface area (Å²) in [6.45, 7) is 9.68. The molecule has 0 aromatic heterocycles. The van der Waals surface area contributed by atoms with E-state index >= 15 is 0 Å². The minimum absolute atomic E-state index is 0.389. The number of aliphatic carboxylic acids is 1. The molecule has 2 aromatic carbocycles. The van der Waals surface area contributed by atoms with Gasteiger partial charge in [0.15, 0.2) is 0 Å². The van der Waals surface area contributed by atoms with E-state index in [2.05, 4.69) is 36.1 Å². The molecule has 3 heteroatoms. The molecule has 0 saturated carbocycles. The zero-order chi connectivity index (χ0) is 19.2. The number of benzene rings is 2. The Labute approximate surface area is 157 Å². The quantitative estimate of drug-likeness (QED) is 0.693. The number of carboxylic acid groups (broad SMARTS) is 1. The van der Waals surface area contributed by atoms with Gasteiger partial charge in [0.05, 0.1) is 0 Å². The molecule has 0 heterocycles. The summed E-state index contributed by atoms with van der Waals surface area (Å²) in [6, 6.07) is 20.6. The first-order valence-electron chi connectivity index (χ1n) is 9.54. The van der Waals surface area contributed by atoms with Crippen LogP contribution in [-0.2, 0) is 10.2 Å². The Morgan fingerprint density at radius 2 is 1.31 bits per heavy atom. The topological polar surface area (TPSA) is 40.5 Å². The van der Waals surface area contributed by atoms with Gasteiger partial charge in [-0.2, -0.15) is 0 Å². The van der Waals surface area contributed by atoms with Gasteiger partial charge < -0.3 is 5.11 Å². The summed E-state index contributed by atoms with van der Waals surface area (Å²) in [6.07, 6.45) is 1.10. The Morgan fingerprint density at radius 3 is 1.62 bits per heavy atom. The number of nitrogens with zero attached hydrogens (tertiary/aromatic N) is 1. The lowest BCUT2D eigenvalue weighted by molar-refractivity contribution is -0.153. The van der Waals surface area contributed by atoms with Crippen LogP contribution in [0.2, 0.25) is 0 Å². The first-order valence-corrected chi connectivity index (χ1v) is 9.54. The smallest absolute Gasteiger partial charge is 0.324 e. The lowest BCUT2D eigenvalue weighted by Gasteiger charge is -2.45. The lowest BCUT2D eigenvalue weighted by atomic mass is 9.67. The molecule has 2 aromatic rings. The van der Waals surface area contributed by atoms with E-state index < -0.39 is 11.5 Å². The van der Waals surface area contributed by atoms with Crippen molar-refractivity contribution in [1.82, 2.24) is 4.90 Å². The summed E-state index contributed by atoms with van der Waals surface area (Å²) in [5.41, 5.74) is 1.01. The van der Waals surface area contributed by atoms with E-state index in [4.69, 9.17) is 0 Å². The molecule has 2 rings (SSSR count). The molecule has 0 fully saturated rings. The van der Waals surface area contributed by atoms with Crippen molar-refractivity contribution in [1.29, 1.82) is 0 Å². The molecule has 26 heavy (non-hydrogen) atoms. The SMILES string of the molecule is CCN(CC)C(CC)(CC(C)(c1ccccc1)c1ccccc1)C(=O)O. The number of hydrogen-bond donors (Lipinski definition) is 1. The molecule has 0 amide bonds. The molecule has 1 N–H and O–H groups in total. The Kier molecular flexibility index (Phi) is 6.60. The maximum atomic E-state index is 12.5. The van der Waals surface area contributed by atoms with Crippen LogP contribution in [0.4, 0.5) is 0 Å². The summed E-state index contributed by atoms with van der Waals surface area (Å²) in [5, 5.41) is 10.3. The van der Waals surface area contributed by atoms with Gasteiger partial charge in [-0.1, -0.05) is 88.4 Å². The first-order chi connectivity index (χ1) is 12.4. The van der Waals surface area contributed by atoms with E-state index in [1.165, 1.54) is 0 Å². The summed E-state index contributed by atoms with van der Waals surface area (Å²) >= 11 is 0. The molecule has 3 nitrogen and oxygen atoms in total. The largest absolute Gasteiger partial charge is 0.480 e. The van der Waals surface area contributed by atoms with Gasteiger partial charge in [-0.25, -0.2) is 0 Å². The van der Waals surface area contributed by atoms with Crippen LogP contribution < -0.4 is 0 Å². The van der Waals surface area contributed by atoms with Gasteiger partial charge in [0.1, 0.15) is 5.54 Å². The number of rotatable bonds is 9. The summed E-state index contributed by atoms with van der Waals surface area (Å²) < 4.78 is 0. The molecule has 0 aliphatic carbocycles. The Balaban J connectivity index is 2.64. The molecule has 1 unspecified atom stereocenters. The van der Waals surface area contributed by atoms with Crippen molar-refractivity contribution in [3.63, 3.8) is 0 Å². The molecule has 0 radical (unpaired) electrons. The maximum absolute atomic E-state index is 12.5. The van der Waals surface area contributed by atoms with Crippen molar-refractivity contribution in [2.45, 2.75) is 51.5 Å². The fourth-order valence-corrected chi connectivity index (χ4v) is 4.22. The highest BCUT2D eigenvalue weighted by molar-refractivity contribution is 5.79. The Hall–Kier alpha value is -2.13. The standard InChI is InChI=1S/C23H31NO2/c1-5-23(21(25)26,24(6-2)7-3)18-22(4,19-14-10-8-11-15-19)20-16-12-9-13-17-20/h8-17H,5-7,18H2,1-4H3,(H,25,26). The van der Waals surface area contributed by atoms with E-state index in [0.717, 1.165) is 24.2 Å². The van der Waals surface area contributed by atoms with Gasteiger partial charge in [-0.15, -0.1) is 0 Å². The number of carboxylic acids is 1. The number of hydrogen-bond acceptors (Lipinski definition) is 2. The van der Waals surface area contributed by atoms with Crippen LogP contribution in [0.3, 0.4) is 0 Å². The van der Waals surface area contributed by atoms with E-state index in [9.17, 15) is 9.90 Å². The van der Waals surface area contributed by atoms with E-state index in [-0.39, 0.29) is 5.41 Å². The van der Waals surface area contributed by atoms with Crippen LogP contribution in [0.5, 0.6) is 0 Å². The Bertz CT molecular complexity index is 655. The predicted molar refractivity (Wildman–Crippen MR) is 108 cm³/mol. The van der Waals surface area contributed by atoms with E-state index in [1.54, 1.807) is 0 Å². The normalized spacial score (nSPS) is 14.2. The lowest BCUT2D eigenvalue weighted by Crippen LogP contribution is -2.57. The van der Waals surface area contributed by atoms with Crippen LogP contribution in [0.25, 0.3) is 0 Å². The molecular weight excluding hydrogens is 322 g/mol. The third-order valence-electron chi connectivity index (χ3n) is 5.82. The third kappa shape index (κ3) is 3.68. The molecular formula is C23H31NO2. The summed E-state index contributed by atoms with van der Waals surface area (Å²) in [7, 11) is 0. The van der Waals surface area contributed by atoms with Gasteiger partial charge in [0, 0.05) is 5.41 Å². The molecule has 0 saturated heterocycles. The van der Waals surface area contributed by atoms with Crippen molar-refractivity contribution in [2.24, 2.45) is 0 Å². The van der Waals surface area contributed by atoms with Crippen molar-refractivity contribution < 1.29 is 9.90 Å². The fraction of sp³-hybridized carbons (Fsp3) is 0.435. The molecule has 0 bridgehead atoms. The zero-order valence-electron chi connectivity index (χ0n) is 16.4. The zero-order valence-corrected chi connectivity index (χ0v) is 16.4. The van der Waals surface area contributed by atoms with Crippen LogP contribution in [-0.4, -0.2) is 34.6 Å². The first kappa shape index (κ1) is 20.2. The maximum Gasteiger partial charge on any atom is 0.324 e.